The van der Waals surface area contributed by atoms with Crippen LogP contribution in [0.4, 0.5) is 0 Å². The maximum atomic E-state index is 6.11. The lowest BCUT2D eigenvalue weighted by Gasteiger charge is -2.17. The first-order valence-electron chi connectivity index (χ1n) is 9.41. The van der Waals surface area contributed by atoms with Crippen molar-refractivity contribution in [3.8, 4) is 5.75 Å². The molecule has 2 rings (SSSR count). The predicted molar refractivity (Wildman–Crippen MR) is 108 cm³/mol. The van der Waals surface area contributed by atoms with Crippen molar-refractivity contribution >= 4 is 14.9 Å². The van der Waals surface area contributed by atoms with Gasteiger partial charge in [-0.3, -0.25) is 0 Å². The lowest BCUT2D eigenvalue weighted by Crippen LogP contribution is -2.12. The number of benzene rings is 2. The second-order valence-corrected chi connectivity index (χ2v) is 7.84. The second-order valence-electron chi connectivity index (χ2n) is 6.42. The molecular weight excluding hydrogens is 324 g/mol. The van der Waals surface area contributed by atoms with Crippen LogP contribution >= 0.6 is 0 Å². The van der Waals surface area contributed by atoms with Gasteiger partial charge in [-0.25, -0.2) is 4.78 Å². The molecule has 0 heterocycles. The summed E-state index contributed by atoms with van der Waals surface area (Å²) in [5.74, 6) is 1.60. The molecule has 0 aliphatic heterocycles. The maximum absolute atomic E-state index is 6.11. The standard InChI is InChI=1S/C21H30N2OSi/c1-3-5-11-18(4-2)17-24-21-15-10-9-12-19(21)16-22-23-25-20-13-7-6-8-14-20/h6-10,12-15,18H,3-5,11,16-17,25H2,1-2H3. The summed E-state index contributed by atoms with van der Waals surface area (Å²) >= 11 is 0. The summed E-state index contributed by atoms with van der Waals surface area (Å²) in [7, 11) is -0.660. The zero-order valence-electron chi connectivity index (χ0n) is 15.5. The summed E-state index contributed by atoms with van der Waals surface area (Å²) in [6, 6.07) is 18.6. The average molecular weight is 355 g/mol. The van der Waals surface area contributed by atoms with Crippen LogP contribution in [-0.2, 0) is 6.54 Å². The molecule has 25 heavy (non-hydrogen) atoms. The van der Waals surface area contributed by atoms with Crippen molar-refractivity contribution in [2.24, 2.45) is 15.8 Å². The number of unbranched alkanes of at least 4 members (excludes halogenated alkanes) is 1. The molecule has 134 valence electrons. The number of para-hydroxylation sites is 1. The summed E-state index contributed by atoms with van der Waals surface area (Å²) in [5, 5.41) is 5.72. The number of nitrogens with zero attached hydrogens (tertiary/aromatic N) is 2. The van der Waals surface area contributed by atoms with Gasteiger partial charge in [0.2, 0.25) is 9.68 Å². The third-order valence-electron chi connectivity index (χ3n) is 4.43. The molecule has 0 aliphatic carbocycles. The third kappa shape index (κ3) is 7.22. The highest BCUT2D eigenvalue weighted by molar-refractivity contribution is 6.51. The van der Waals surface area contributed by atoms with Crippen molar-refractivity contribution in [3.05, 3.63) is 60.2 Å². The monoisotopic (exact) mass is 354 g/mol. The topological polar surface area (TPSA) is 34.0 Å². The first-order valence-corrected chi connectivity index (χ1v) is 10.7. The van der Waals surface area contributed by atoms with Crippen LogP contribution in [0.15, 0.2) is 64.5 Å². The van der Waals surface area contributed by atoms with Crippen molar-refractivity contribution in [3.63, 3.8) is 0 Å². The molecule has 0 saturated carbocycles. The third-order valence-corrected chi connectivity index (χ3v) is 5.61. The van der Waals surface area contributed by atoms with Crippen LogP contribution in [0.5, 0.6) is 5.75 Å². The molecule has 0 saturated heterocycles. The molecule has 2 aromatic carbocycles. The van der Waals surface area contributed by atoms with E-state index in [0.29, 0.717) is 12.5 Å². The SMILES string of the molecule is CCCCC(CC)COc1ccccc1CN=N[SiH2]c1ccccc1. The van der Waals surface area contributed by atoms with Crippen molar-refractivity contribution < 1.29 is 4.74 Å². The smallest absolute Gasteiger partial charge is 0.209 e. The molecule has 1 atom stereocenters. The van der Waals surface area contributed by atoms with Gasteiger partial charge in [0.25, 0.3) is 0 Å². The summed E-state index contributed by atoms with van der Waals surface area (Å²) in [4.78, 5) is 0. The van der Waals surface area contributed by atoms with E-state index in [4.69, 9.17) is 4.74 Å². The number of hydrogen-bond donors (Lipinski definition) is 0. The predicted octanol–water partition coefficient (Wildman–Crippen LogP) is 4.64. The van der Waals surface area contributed by atoms with Crippen molar-refractivity contribution in [1.82, 2.24) is 0 Å². The molecule has 0 fully saturated rings. The Morgan fingerprint density at radius 2 is 1.76 bits per heavy atom. The Balaban J connectivity index is 1.86. The second kappa shape index (κ2) is 11.6. The fourth-order valence-corrected chi connectivity index (χ4v) is 3.57. The van der Waals surface area contributed by atoms with Gasteiger partial charge in [0, 0.05) is 5.56 Å². The summed E-state index contributed by atoms with van der Waals surface area (Å²) in [6.07, 6.45) is 4.95. The molecule has 0 aliphatic rings. The van der Waals surface area contributed by atoms with Crippen molar-refractivity contribution in [1.29, 1.82) is 0 Å². The van der Waals surface area contributed by atoms with Gasteiger partial charge in [-0.15, -0.1) is 0 Å². The van der Waals surface area contributed by atoms with Crippen LogP contribution in [0.2, 0.25) is 0 Å². The Hall–Kier alpha value is -1.94. The van der Waals surface area contributed by atoms with Gasteiger partial charge in [0.1, 0.15) is 5.75 Å². The van der Waals surface area contributed by atoms with E-state index in [1.807, 2.05) is 24.3 Å². The van der Waals surface area contributed by atoms with Crippen LogP contribution in [0.1, 0.15) is 45.1 Å². The van der Waals surface area contributed by atoms with Gasteiger partial charge in [-0.2, -0.15) is 5.11 Å². The molecular formula is C21H30N2OSi. The van der Waals surface area contributed by atoms with Crippen LogP contribution in [0, 0.1) is 5.92 Å². The Labute approximate surface area is 154 Å². The van der Waals surface area contributed by atoms with Crippen LogP contribution in [0.3, 0.4) is 0 Å². The summed E-state index contributed by atoms with van der Waals surface area (Å²) in [6.45, 7) is 5.88. The van der Waals surface area contributed by atoms with E-state index in [1.165, 1.54) is 30.9 Å². The van der Waals surface area contributed by atoms with Crippen molar-refractivity contribution in [2.45, 2.75) is 46.1 Å². The number of hydrogen-bond acceptors (Lipinski definition) is 3. The van der Waals surface area contributed by atoms with Crippen LogP contribution in [0.25, 0.3) is 0 Å². The number of ether oxygens (including phenoxy) is 1. The van der Waals surface area contributed by atoms with Gasteiger partial charge < -0.3 is 4.74 Å². The summed E-state index contributed by atoms with van der Waals surface area (Å²) < 4.78 is 10.6. The molecule has 4 heteroatoms. The highest BCUT2D eigenvalue weighted by Gasteiger charge is 2.09. The van der Waals surface area contributed by atoms with Gasteiger partial charge >= 0.3 is 0 Å². The van der Waals surface area contributed by atoms with Gasteiger partial charge in [0.15, 0.2) is 0 Å². The zero-order chi connectivity index (χ0) is 17.7. The lowest BCUT2D eigenvalue weighted by atomic mass is 10.0. The van der Waals surface area contributed by atoms with E-state index in [1.54, 1.807) is 0 Å². The van der Waals surface area contributed by atoms with Gasteiger partial charge in [-0.1, -0.05) is 81.6 Å². The van der Waals surface area contributed by atoms with Crippen molar-refractivity contribution in [2.75, 3.05) is 6.61 Å². The maximum Gasteiger partial charge on any atom is 0.209 e. The van der Waals surface area contributed by atoms with Gasteiger partial charge in [0.05, 0.1) is 13.2 Å². The Morgan fingerprint density at radius 3 is 2.52 bits per heavy atom. The Kier molecular flexibility index (Phi) is 8.98. The van der Waals surface area contributed by atoms with E-state index in [2.05, 4.69) is 54.1 Å². The van der Waals surface area contributed by atoms with E-state index < -0.39 is 9.68 Å². The fourth-order valence-electron chi connectivity index (χ4n) is 2.72. The minimum Gasteiger partial charge on any atom is -0.493 e. The largest absolute Gasteiger partial charge is 0.493 e. The molecule has 0 N–H and O–H groups in total. The van der Waals surface area contributed by atoms with E-state index in [9.17, 15) is 0 Å². The fraction of sp³-hybridized carbons (Fsp3) is 0.429. The Morgan fingerprint density at radius 1 is 1.00 bits per heavy atom. The van der Waals surface area contributed by atoms with E-state index in [-0.39, 0.29) is 0 Å². The highest BCUT2D eigenvalue weighted by atomic mass is 28.2. The highest BCUT2D eigenvalue weighted by Crippen LogP contribution is 2.21. The first kappa shape index (κ1) is 19.4. The van der Waals surface area contributed by atoms with E-state index in [0.717, 1.165) is 17.9 Å². The molecule has 0 spiro atoms. The van der Waals surface area contributed by atoms with Gasteiger partial charge in [-0.05, 0) is 23.6 Å². The first-order chi connectivity index (χ1) is 12.3. The van der Waals surface area contributed by atoms with Crippen LogP contribution in [-0.4, -0.2) is 16.3 Å². The number of rotatable bonds is 11. The quantitative estimate of drug-likeness (QED) is 0.427. The minimum atomic E-state index is -0.660. The zero-order valence-corrected chi connectivity index (χ0v) is 16.9. The molecule has 0 amide bonds. The molecule has 0 radical (unpaired) electrons. The normalized spacial score (nSPS) is 12.9. The van der Waals surface area contributed by atoms with Crippen LogP contribution < -0.4 is 9.92 Å². The Bertz CT molecular complexity index is 631. The molecule has 2 aromatic rings. The lowest BCUT2D eigenvalue weighted by molar-refractivity contribution is 0.231. The average Bonchev–Trinajstić information content (AvgIpc) is 2.67. The molecule has 0 aromatic heterocycles. The molecule has 0 bridgehead atoms. The molecule has 3 nitrogen and oxygen atoms in total. The molecule has 1 unspecified atom stereocenters. The van der Waals surface area contributed by atoms with E-state index >= 15 is 0 Å². The summed E-state index contributed by atoms with van der Waals surface area (Å²) in [5.41, 5.74) is 1.12. The minimum absolute atomic E-state index is 0.599.